The second-order valence-electron chi connectivity index (χ2n) is 9.81. The van der Waals surface area contributed by atoms with Gasteiger partial charge in [0.05, 0.1) is 12.5 Å². The van der Waals surface area contributed by atoms with Crippen molar-refractivity contribution in [2.45, 2.75) is 110 Å². The Bertz CT molecular complexity index is 933. The Morgan fingerprint density at radius 2 is 1.20 bits per heavy atom. The summed E-state index contributed by atoms with van der Waals surface area (Å²) in [6.07, 6.45) is 23.1. The maximum absolute atomic E-state index is 11.9. The van der Waals surface area contributed by atoms with Gasteiger partial charge in [0.15, 0.2) is 0 Å². The number of nitrogens with zero attached hydrogens (tertiary/aromatic N) is 1. The lowest BCUT2D eigenvalue weighted by molar-refractivity contribution is 0.112. The molecule has 0 atom stereocenters. The molecule has 0 spiro atoms. The molecule has 2 heteroatoms. The van der Waals surface area contributed by atoms with E-state index in [9.17, 15) is 4.79 Å². The second-order valence-corrected chi connectivity index (χ2v) is 9.81. The standard InChI is InChI=1S/C33H45NO/c1-3-5-7-9-11-13-15-30-26-33(27-35)31(16-14-12-10-8-6-4-2)25-32(30)22-21-28-17-19-29(20-18-28)23-24-34/h17-22,25-27H,3-16,23H2,1-2H3/b22-21+. The van der Waals surface area contributed by atoms with E-state index in [0.717, 1.165) is 42.2 Å². The van der Waals surface area contributed by atoms with Crippen LogP contribution in [0.4, 0.5) is 0 Å². The minimum Gasteiger partial charge on any atom is -0.298 e. The molecule has 2 rings (SSSR count). The van der Waals surface area contributed by atoms with Crippen LogP contribution in [0.2, 0.25) is 0 Å². The minimum absolute atomic E-state index is 0.446. The van der Waals surface area contributed by atoms with Crippen LogP contribution < -0.4 is 0 Å². The molecule has 0 bridgehead atoms. The number of rotatable bonds is 18. The summed E-state index contributed by atoms with van der Waals surface area (Å²) >= 11 is 0. The van der Waals surface area contributed by atoms with Gasteiger partial charge in [-0.05, 0) is 59.6 Å². The van der Waals surface area contributed by atoms with E-state index in [-0.39, 0.29) is 0 Å². The SMILES string of the molecule is CCCCCCCCc1cc(/C=C/c2ccc(CC#N)cc2)c(CCCCCCCC)cc1C=O. The quantitative estimate of drug-likeness (QED) is 0.123. The Labute approximate surface area is 214 Å². The number of hydrogen-bond donors (Lipinski definition) is 0. The topological polar surface area (TPSA) is 40.9 Å². The fourth-order valence-electron chi connectivity index (χ4n) is 4.64. The molecule has 188 valence electrons. The summed E-state index contributed by atoms with van der Waals surface area (Å²) < 4.78 is 0. The zero-order chi connectivity index (χ0) is 25.1. The van der Waals surface area contributed by atoms with Gasteiger partial charge in [0.1, 0.15) is 6.29 Å². The molecule has 0 heterocycles. The summed E-state index contributed by atoms with van der Waals surface area (Å²) in [5, 5.41) is 8.90. The number of aldehydes is 1. The Kier molecular flexibility index (Phi) is 14.5. The predicted molar refractivity (Wildman–Crippen MR) is 151 cm³/mol. The van der Waals surface area contributed by atoms with Crippen LogP contribution in [0.5, 0.6) is 0 Å². The third-order valence-corrected chi connectivity index (χ3v) is 6.85. The molecule has 0 fully saturated rings. The average Bonchev–Trinajstić information content (AvgIpc) is 2.88. The molecule has 35 heavy (non-hydrogen) atoms. The van der Waals surface area contributed by atoms with Gasteiger partial charge in [-0.2, -0.15) is 5.26 Å². The molecule has 0 aliphatic carbocycles. The summed E-state index contributed by atoms with van der Waals surface area (Å²) in [7, 11) is 0. The molecule has 0 aliphatic heterocycles. The van der Waals surface area contributed by atoms with E-state index in [4.69, 9.17) is 5.26 Å². The number of unbranched alkanes of at least 4 members (excludes halogenated alkanes) is 10. The van der Waals surface area contributed by atoms with Crippen molar-refractivity contribution < 1.29 is 4.79 Å². The maximum Gasteiger partial charge on any atom is 0.150 e. The summed E-state index contributed by atoms with van der Waals surface area (Å²) in [5.41, 5.74) is 6.76. The van der Waals surface area contributed by atoms with E-state index < -0.39 is 0 Å². The van der Waals surface area contributed by atoms with E-state index in [1.165, 1.54) is 87.3 Å². The Morgan fingerprint density at radius 1 is 0.686 bits per heavy atom. The van der Waals surface area contributed by atoms with E-state index in [2.05, 4.69) is 56.3 Å². The molecule has 0 aromatic heterocycles. The molecule has 2 aromatic carbocycles. The first-order valence-corrected chi connectivity index (χ1v) is 14.0. The summed E-state index contributed by atoms with van der Waals surface area (Å²) in [6, 6.07) is 14.8. The van der Waals surface area contributed by atoms with Crippen molar-refractivity contribution >= 4 is 18.4 Å². The van der Waals surface area contributed by atoms with Crippen LogP contribution >= 0.6 is 0 Å². The largest absolute Gasteiger partial charge is 0.298 e. The van der Waals surface area contributed by atoms with Crippen molar-refractivity contribution in [3.8, 4) is 6.07 Å². The smallest absolute Gasteiger partial charge is 0.150 e. The average molecular weight is 472 g/mol. The third-order valence-electron chi connectivity index (χ3n) is 6.85. The first-order chi connectivity index (χ1) is 17.2. The normalized spacial score (nSPS) is 11.1. The number of carbonyl (C=O) groups is 1. The van der Waals surface area contributed by atoms with Gasteiger partial charge in [0.2, 0.25) is 0 Å². The van der Waals surface area contributed by atoms with Gasteiger partial charge < -0.3 is 0 Å². The molecule has 2 aromatic rings. The van der Waals surface area contributed by atoms with Gasteiger partial charge in [-0.25, -0.2) is 0 Å². The minimum atomic E-state index is 0.446. The highest BCUT2D eigenvalue weighted by Crippen LogP contribution is 2.23. The molecule has 0 saturated carbocycles. The Morgan fingerprint density at radius 3 is 1.74 bits per heavy atom. The van der Waals surface area contributed by atoms with Gasteiger partial charge in [0, 0.05) is 5.56 Å². The number of carbonyl (C=O) groups excluding carboxylic acids is 1. The van der Waals surface area contributed by atoms with Gasteiger partial charge in [-0.1, -0.05) is 121 Å². The summed E-state index contributed by atoms with van der Waals surface area (Å²) in [4.78, 5) is 11.9. The first kappa shape index (κ1) is 28.6. The van der Waals surface area contributed by atoms with E-state index in [0.29, 0.717) is 6.42 Å². The van der Waals surface area contributed by atoms with Crippen LogP contribution in [-0.4, -0.2) is 6.29 Å². The molecule has 0 unspecified atom stereocenters. The highest BCUT2D eigenvalue weighted by atomic mass is 16.1. The lowest BCUT2D eigenvalue weighted by atomic mass is 9.92. The first-order valence-electron chi connectivity index (χ1n) is 14.0. The summed E-state index contributed by atoms with van der Waals surface area (Å²) in [5.74, 6) is 0. The molecule has 0 saturated heterocycles. The van der Waals surface area contributed by atoms with E-state index in [1.807, 2.05) is 12.1 Å². The van der Waals surface area contributed by atoms with Crippen molar-refractivity contribution in [2.75, 3.05) is 0 Å². The molecule has 2 nitrogen and oxygen atoms in total. The number of aryl methyl sites for hydroxylation is 2. The van der Waals surface area contributed by atoms with Crippen molar-refractivity contribution in [1.29, 1.82) is 5.26 Å². The van der Waals surface area contributed by atoms with Crippen molar-refractivity contribution in [1.82, 2.24) is 0 Å². The highest BCUT2D eigenvalue weighted by molar-refractivity contribution is 5.80. The van der Waals surface area contributed by atoms with Crippen molar-refractivity contribution in [2.24, 2.45) is 0 Å². The number of hydrogen-bond acceptors (Lipinski definition) is 2. The third kappa shape index (κ3) is 11.1. The van der Waals surface area contributed by atoms with Crippen LogP contribution in [0.25, 0.3) is 12.2 Å². The van der Waals surface area contributed by atoms with Gasteiger partial charge >= 0.3 is 0 Å². The maximum atomic E-state index is 11.9. The van der Waals surface area contributed by atoms with Crippen LogP contribution in [0, 0.1) is 11.3 Å². The molecule has 0 radical (unpaired) electrons. The highest BCUT2D eigenvalue weighted by Gasteiger charge is 2.09. The van der Waals surface area contributed by atoms with Gasteiger partial charge in [-0.15, -0.1) is 0 Å². The lowest BCUT2D eigenvalue weighted by Gasteiger charge is -2.13. The van der Waals surface area contributed by atoms with Gasteiger partial charge in [0.25, 0.3) is 0 Å². The fourth-order valence-corrected chi connectivity index (χ4v) is 4.64. The molecule has 0 aliphatic rings. The Hall–Kier alpha value is -2.66. The zero-order valence-corrected chi connectivity index (χ0v) is 22.2. The zero-order valence-electron chi connectivity index (χ0n) is 22.2. The van der Waals surface area contributed by atoms with Crippen molar-refractivity contribution in [3.05, 3.63) is 69.8 Å². The molecule has 0 amide bonds. The van der Waals surface area contributed by atoms with E-state index in [1.54, 1.807) is 0 Å². The molecular formula is C33H45NO. The molecular weight excluding hydrogens is 426 g/mol. The van der Waals surface area contributed by atoms with Crippen LogP contribution in [0.1, 0.15) is 129 Å². The second kappa shape index (κ2) is 17.7. The lowest BCUT2D eigenvalue weighted by Crippen LogP contribution is -2.00. The van der Waals surface area contributed by atoms with Crippen molar-refractivity contribution in [3.63, 3.8) is 0 Å². The van der Waals surface area contributed by atoms with Crippen LogP contribution in [-0.2, 0) is 19.3 Å². The van der Waals surface area contributed by atoms with E-state index >= 15 is 0 Å². The number of nitriles is 1. The number of benzene rings is 2. The Balaban J connectivity index is 2.15. The van der Waals surface area contributed by atoms with Crippen LogP contribution in [0.3, 0.4) is 0 Å². The van der Waals surface area contributed by atoms with Gasteiger partial charge in [-0.3, -0.25) is 4.79 Å². The van der Waals surface area contributed by atoms with Crippen LogP contribution in [0.15, 0.2) is 36.4 Å². The summed E-state index contributed by atoms with van der Waals surface area (Å²) in [6.45, 7) is 4.50. The monoisotopic (exact) mass is 471 g/mol. The molecule has 0 N–H and O–H groups in total. The fraction of sp³-hybridized carbons (Fsp3) is 0.515. The predicted octanol–water partition coefficient (Wildman–Crippen LogP) is 9.54.